The number of amides is 1. The number of benzene rings is 2. The first-order valence-electron chi connectivity index (χ1n) is 6.54. The molecule has 0 saturated heterocycles. The Bertz CT molecular complexity index is 699. The molecule has 0 heterocycles. The van der Waals surface area contributed by atoms with Crippen LogP contribution in [0.2, 0.25) is 0 Å². The highest BCUT2D eigenvalue weighted by Gasteiger charge is 2.05. The molecule has 21 heavy (non-hydrogen) atoms. The molecular weight excluding hydrogens is 264 g/mol. The van der Waals surface area contributed by atoms with E-state index >= 15 is 0 Å². The second-order valence-corrected chi connectivity index (χ2v) is 4.44. The minimum atomic E-state index is -0.232. The van der Waals surface area contributed by atoms with Gasteiger partial charge in [0, 0.05) is 17.7 Å². The Kier molecular flexibility index (Phi) is 4.97. The van der Waals surface area contributed by atoms with Crippen LogP contribution in [0, 0.1) is 11.8 Å². The monoisotopic (exact) mass is 280 g/mol. The van der Waals surface area contributed by atoms with Crippen LogP contribution in [0.15, 0.2) is 48.5 Å². The van der Waals surface area contributed by atoms with Crippen LogP contribution in [0.4, 0.5) is 0 Å². The Morgan fingerprint density at radius 2 is 2.00 bits per heavy atom. The normalized spacial score (nSPS) is 9.57. The van der Waals surface area contributed by atoms with Crippen LogP contribution in [0.1, 0.15) is 21.5 Å². The van der Waals surface area contributed by atoms with E-state index in [1.165, 1.54) is 12.1 Å². The van der Waals surface area contributed by atoms with E-state index in [4.69, 9.17) is 5.73 Å². The molecule has 0 aliphatic heterocycles. The summed E-state index contributed by atoms with van der Waals surface area (Å²) in [4.78, 5) is 12.0. The van der Waals surface area contributed by atoms with Gasteiger partial charge in [-0.2, -0.15) is 0 Å². The van der Waals surface area contributed by atoms with Gasteiger partial charge in [0.2, 0.25) is 0 Å². The van der Waals surface area contributed by atoms with Crippen LogP contribution in [0.5, 0.6) is 5.75 Å². The average molecular weight is 280 g/mol. The molecule has 4 nitrogen and oxygen atoms in total. The molecule has 0 aromatic heterocycles. The number of phenolic OH excluding ortho intramolecular Hbond substituents is 1. The molecule has 2 rings (SSSR count). The molecule has 0 unspecified atom stereocenters. The molecule has 4 N–H and O–H groups in total. The summed E-state index contributed by atoms with van der Waals surface area (Å²) >= 11 is 0. The number of hydrogen-bond donors (Lipinski definition) is 3. The first kappa shape index (κ1) is 14.6. The second kappa shape index (κ2) is 7.13. The Labute approximate surface area is 123 Å². The maximum atomic E-state index is 12.0. The van der Waals surface area contributed by atoms with E-state index in [2.05, 4.69) is 17.2 Å². The summed E-state index contributed by atoms with van der Waals surface area (Å²) in [6, 6.07) is 13.8. The van der Waals surface area contributed by atoms with E-state index in [0.29, 0.717) is 18.7 Å². The molecule has 0 aliphatic carbocycles. The quantitative estimate of drug-likeness (QED) is 0.748. The van der Waals surface area contributed by atoms with Crippen molar-refractivity contribution in [3.8, 4) is 17.6 Å². The molecule has 0 atom stereocenters. The number of hydrogen-bond acceptors (Lipinski definition) is 3. The van der Waals surface area contributed by atoms with Gasteiger partial charge < -0.3 is 16.2 Å². The lowest BCUT2D eigenvalue weighted by atomic mass is 10.1. The predicted octanol–water partition coefficient (Wildman–Crippen LogP) is 1.63. The highest BCUT2D eigenvalue weighted by atomic mass is 16.3. The van der Waals surface area contributed by atoms with Crippen molar-refractivity contribution in [1.29, 1.82) is 0 Å². The molecule has 0 aliphatic rings. The van der Waals surface area contributed by atoms with Gasteiger partial charge in [0.25, 0.3) is 5.91 Å². The number of carbonyl (C=O) groups excluding carboxylic acids is 1. The van der Waals surface area contributed by atoms with E-state index in [1.807, 2.05) is 24.3 Å². The van der Waals surface area contributed by atoms with Crippen molar-refractivity contribution in [2.24, 2.45) is 5.73 Å². The smallest absolute Gasteiger partial charge is 0.251 e. The highest BCUT2D eigenvalue weighted by Crippen LogP contribution is 2.11. The van der Waals surface area contributed by atoms with Gasteiger partial charge in [-0.05, 0) is 35.9 Å². The fraction of sp³-hybridized carbons (Fsp3) is 0.118. The van der Waals surface area contributed by atoms with Crippen molar-refractivity contribution in [2.45, 2.75) is 6.54 Å². The summed E-state index contributed by atoms with van der Waals surface area (Å²) in [6.07, 6.45) is 0. The lowest BCUT2D eigenvalue weighted by Crippen LogP contribution is -2.22. The maximum absolute atomic E-state index is 12.0. The zero-order valence-corrected chi connectivity index (χ0v) is 11.5. The molecule has 0 radical (unpaired) electrons. The number of nitrogens with one attached hydrogen (secondary N) is 1. The fourth-order valence-corrected chi connectivity index (χ4v) is 1.84. The Balaban J connectivity index is 2.01. The van der Waals surface area contributed by atoms with Gasteiger partial charge in [0.15, 0.2) is 0 Å². The third kappa shape index (κ3) is 4.37. The predicted molar refractivity (Wildman–Crippen MR) is 81.7 cm³/mol. The average Bonchev–Trinajstić information content (AvgIpc) is 2.51. The molecule has 2 aromatic rings. The van der Waals surface area contributed by atoms with Crippen LogP contribution >= 0.6 is 0 Å². The molecule has 0 bridgehead atoms. The zero-order valence-electron chi connectivity index (χ0n) is 11.5. The standard InChI is InChI=1S/C17H16N2O2/c18-9-3-6-13-4-1-5-14(10-13)12-19-17(21)15-7-2-8-16(20)11-15/h1-2,4-5,7-8,10-11,20H,9,12,18H2,(H,19,21). The third-order valence-electron chi connectivity index (χ3n) is 2.82. The van der Waals surface area contributed by atoms with Gasteiger partial charge in [-0.15, -0.1) is 0 Å². The summed E-state index contributed by atoms with van der Waals surface area (Å²) in [5, 5.41) is 12.2. The topological polar surface area (TPSA) is 75.3 Å². The van der Waals surface area contributed by atoms with Crippen LogP contribution < -0.4 is 11.1 Å². The van der Waals surface area contributed by atoms with E-state index in [0.717, 1.165) is 11.1 Å². The molecule has 106 valence electrons. The van der Waals surface area contributed by atoms with E-state index in [1.54, 1.807) is 12.1 Å². The summed E-state index contributed by atoms with van der Waals surface area (Å²) < 4.78 is 0. The number of nitrogens with two attached hydrogens (primary N) is 1. The number of carbonyl (C=O) groups is 1. The fourth-order valence-electron chi connectivity index (χ4n) is 1.84. The number of aromatic hydroxyl groups is 1. The second-order valence-electron chi connectivity index (χ2n) is 4.44. The van der Waals surface area contributed by atoms with Crippen molar-refractivity contribution < 1.29 is 9.90 Å². The molecular formula is C17H16N2O2. The number of phenols is 1. The molecule has 0 saturated carbocycles. The molecule has 2 aromatic carbocycles. The van der Waals surface area contributed by atoms with Crippen molar-refractivity contribution in [3.05, 3.63) is 65.2 Å². The molecule has 0 fully saturated rings. The van der Waals surface area contributed by atoms with Crippen LogP contribution in [0.25, 0.3) is 0 Å². The summed E-state index contributed by atoms with van der Waals surface area (Å²) in [5.41, 5.74) is 7.58. The Morgan fingerprint density at radius 3 is 2.76 bits per heavy atom. The van der Waals surface area contributed by atoms with E-state index in [-0.39, 0.29) is 11.7 Å². The minimum absolute atomic E-state index is 0.0710. The third-order valence-corrected chi connectivity index (χ3v) is 2.82. The van der Waals surface area contributed by atoms with Gasteiger partial charge in [-0.3, -0.25) is 4.79 Å². The summed E-state index contributed by atoms with van der Waals surface area (Å²) in [7, 11) is 0. The van der Waals surface area contributed by atoms with Gasteiger partial charge in [-0.1, -0.05) is 30.0 Å². The van der Waals surface area contributed by atoms with Crippen molar-refractivity contribution in [2.75, 3.05) is 6.54 Å². The molecule has 1 amide bonds. The zero-order chi connectivity index (χ0) is 15.1. The van der Waals surface area contributed by atoms with Gasteiger partial charge in [0.05, 0.1) is 6.54 Å². The number of rotatable bonds is 3. The first-order valence-corrected chi connectivity index (χ1v) is 6.54. The Morgan fingerprint density at radius 1 is 1.19 bits per heavy atom. The molecule has 4 heteroatoms. The van der Waals surface area contributed by atoms with E-state index in [9.17, 15) is 9.90 Å². The van der Waals surface area contributed by atoms with Crippen molar-refractivity contribution in [3.63, 3.8) is 0 Å². The lowest BCUT2D eigenvalue weighted by Gasteiger charge is -2.06. The van der Waals surface area contributed by atoms with Crippen molar-refractivity contribution in [1.82, 2.24) is 5.32 Å². The lowest BCUT2D eigenvalue weighted by molar-refractivity contribution is 0.0950. The Hall–Kier alpha value is -2.77. The maximum Gasteiger partial charge on any atom is 0.251 e. The minimum Gasteiger partial charge on any atom is -0.508 e. The van der Waals surface area contributed by atoms with Crippen molar-refractivity contribution >= 4 is 5.91 Å². The first-order chi connectivity index (χ1) is 10.2. The van der Waals surface area contributed by atoms with Crippen LogP contribution in [-0.2, 0) is 6.54 Å². The van der Waals surface area contributed by atoms with Gasteiger partial charge in [0.1, 0.15) is 5.75 Å². The van der Waals surface area contributed by atoms with Gasteiger partial charge in [-0.25, -0.2) is 0 Å². The van der Waals surface area contributed by atoms with Gasteiger partial charge >= 0.3 is 0 Å². The summed E-state index contributed by atoms with van der Waals surface area (Å²) in [6.45, 7) is 0.713. The SMILES string of the molecule is NCC#Cc1cccc(CNC(=O)c2cccc(O)c2)c1. The summed E-state index contributed by atoms with van der Waals surface area (Å²) in [5.74, 6) is 5.58. The largest absolute Gasteiger partial charge is 0.508 e. The molecule has 0 spiro atoms. The van der Waals surface area contributed by atoms with Crippen LogP contribution in [0.3, 0.4) is 0 Å². The van der Waals surface area contributed by atoms with Crippen LogP contribution in [-0.4, -0.2) is 17.6 Å². The van der Waals surface area contributed by atoms with E-state index < -0.39 is 0 Å². The highest BCUT2D eigenvalue weighted by molar-refractivity contribution is 5.94.